The number of hydrogen-bond donors (Lipinski definition) is 1. The van der Waals surface area contributed by atoms with E-state index < -0.39 is 29.5 Å². The molecule has 8 nitrogen and oxygen atoms in total. The van der Waals surface area contributed by atoms with E-state index in [4.69, 9.17) is 30.7 Å². The van der Waals surface area contributed by atoms with Gasteiger partial charge in [0.2, 0.25) is 23.2 Å². The number of ether oxygens (including phenoxy) is 1. The number of alkyl halides is 3. The average Bonchev–Trinajstić information content (AvgIpc) is 3.46. The van der Waals surface area contributed by atoms with Crippen LogP contribution in [0, 0.1) is 5.82 Å². The van der Waals surface area contributed by atoms with Crippen molar-refractivity contribution >= 4 is 29.1 Å². The van der Waals surface area contributed by atoms with Gasteiger partial charge in [-0.15, -0.1) is 0 Å². The van der Waals surface area contributed by atoms with Gasteiger partial charge in [-0.2, -0.15) is 13.2 Å². The molecular weight excluding hydrogens is 524 g/mol. The topological polar surface area (TPSA) is 110 Å². The number of carbonyl (C=O) groups is 3. The quantitative estimate of drug-likeness (QED) is 0.375. The highest BCUT2D eigenvalue weighted by molar-refractivity contribution is 6.34. The molecule has 37 heavy (non-hydrogen) atoms. The molecule has 1 saturated heterocycles. The minimum Gasteiger partial charge on any atom is -0.487 e. The van der Waals surface area contributed by atoms with Crippen LogP contribution in [0.5, 0.6) is 5.75 Å². The van der Waals surface area contributed by atoms with Gasteiger partial charge in [-0.05, 0) is 25.6 Å². The Labute approximate surface area is 211 Å². The zero-order valence-electron chi connectivity index (χ0n) is 18.9. The van der Waals surface area contributed by atoms with Gasteiger partial charge in [0.05, 0.1) is 10.6 Å². The summed E-state index contributed by atoms with van der Waals surface area (Å²) >= 11 is 6.44. The molecule has 1 fully saturated rings. The monoisotopic (exact) mass is 540 g/mol. The van der Waals surface area contributed by atoms with Crippen molar-refractivity contribution in [3.63, 3.8) is 0 Å². The number of oxazole rings is 1. The van der Waals surface area contributed by atoms with Gasteiger partial charge in [-0.3, -0.25) is 9.59 Å². The lowest BCUT2D eigenvalue weighted by atomic mass is 9.91. The maximum absolute atomic E-state index is 14.7. The first-order valence-corrected chi connectivity index (χ1v) is 11.1. The fraction of sp³-hybridized carbons (Fsp3) is 0.250. The Kier molecular flexibility index (Phi) is 7.07. The minimum atomic E-state index is -5.08. The molecule has 5 rings (SSSR count). The zero-order chi connectivity index (χ0) is 27.1. The summed E-state index contributed by atoms with van der Waals surface area (Å²) in [7, 11) is 1.99. The van der Waals surface area contributed by atoms with Gasteiger partial charge in [0.1, 0.15) is 17.7 Å². The van der Waals surface area contributed by atoms with Crippen molar-refractivity contribution in [3.05, 3.63) is 69.8 Å². The summed E-state index contributed by atoms with van der Waals surface area (Å²) in [6.07, 6.45) is -4.32. The van der Waals surface area contributed by atoms with Gasteiger partial charge in [-0.1, -0.05) is 35.9 Å². The molecule has 1 aliphatic heterocycles. The van der Waals surface area contributed by atoms with Crippen molar-refractivity contribution in [1.82, 2.24) is 9.88 Å². The second-order valence-electron chi connectivity index (χ2n) is 8.23. The lowest BCUT2D eigenvalue weighted by molar-refractivity contribution is -0.192. The first-order chi connectivity index (χ1) is 17.4. The molecular formula is C24H17ClF4N2O6. The van der Waals surface area contributed by atoms with Gasteiger partial charge < -0.3 is 19.2 Å². The number of fused-ring (bicyclic) bond motifs is 2. The second kappa shape index (κ2) is 9.94. The van der Waals surface area contributed by atoms with Crippen molar-refractivity contribution in [1.29, 1.82) is 0 Å². The highest BCUT2D eigenvalue weighted by Gasteiger charge is 2.38. The van der Waals surface area contributed by atoms with Crippen LogP contribution in [0.1, 0.15) is 38.6 Å². The molecule has 0 radical (unpaired) electrons. The molecule has 0 amide bonds. The summed E-state index contributed by atoms with van der Waals surface area (Å²) < 4.78 is 57.9. The average molecular weight is 541 g/mol. The number of hydrogen-bond acceptors (Lipinski definition) is 7. The molecule has 13 heteroatoms. The highest BCUT2D eigenvalue weighted by atomic mass is 35.5. The number of carboxylic acids is 1. The van der Waals surface area contributed by atoms with Gasteiger partial charge in [-0.25, -0.2) is 14.2 Å². The normalized spacial score (nSPS) is 17.1. The number of aromatic nitrogens is 1. The largest absolute Gasteiger partial charge is 0.490 e. The molecule has 0 unspecified atom stereocenters. The van der Waals surface area contributed by atoms with Crippen LogP contribution >= 0.6 is 11.6 Å². The predicted octanol–water partition coefficient (Wildman–Crippen LogP) is 4.63. The van der Waals surface area contributed by atoms with Gasteiger partial charge in [0, 0.05) is 24.2 Å². The standard InChI is InChI=1S/C22H16ClFN2O4.C2HF3O2/c1-26-9-8-11(10-26)29-15-7-6-14(24)16(17(15)23)22-25-18-19(27)12-4-2-3-5-13(12)20(28)21(18)30-22;3-2(4,5)1(6)7/h2-7,11H,8-10H2,1H3;(H,6,7)/t11-;/m1./s1. The Bertz CT molecular complexity index is 1350. The maximum atomic E-state index is 14.7. The number of ketones is 2. The van der Waals surface area contributed by atoms with Crippen molar-refractivity contribution in [2.75, 3.05) is 20.1 Å². The number of benzene rings is 2. The Morgan fingerprint density at radius 3 is 2.35 bits per heavy atom. The Morgan fingerprint density at radius 1 is 1.16 bits per heavy atom. The van der Waals surface area contributed by atoms with Crippen LogP contribution in [-0.2, 0) is 4.79 Å². The molecule has 2 heterocycles. The van der Waals surface area contributed by atoms with Crippen molar-refractivity contribution in [2.24, 2.45) is 0 Å². The third-order valence-corrected chi connectivity index (χ3v) is 5.99. The molecule has 194 valence electrons. The van der Waals surface area contributed by atoms with Crippen LogP contribution in [0.2, 0.25) is 5.02 Å². The van der Waals surface area contributed by atoms with E-state index in [1.54, 1.807) is 24.3 Å². The lowest BCUT2D eigenvalue weighted by Crippen LogP contribution is -2.21. The van der Waals surface area contributed by atoms with Gasteiger partial charge in [0.15, 0.2) is 5.69 Å². The molecule has 3 aromatic rings. The first kappa shape index (κ1) is 26.3. The summed E-state index contributed by atoms with van der Waals surface area (Å²) in [5.74, 6) is -4.52. The fourth-order valence-corrected chi connectivity index (χ4v) is 4.13. The number of rotatable bonds is 3. The first-order valence-electron chi connectivity index (χ1n) is 10.7. The van der Waals surface area contributed by atoms with E-state index in [0.29, 0.717) is 5.75 Å². The van der Waals surface area contributed by atoms with E-state index in [2.05, 4.69) is 9.88 Å². The van der Waals surface area contributed by atoms with E-state index in [0.717, 1.165) is 19.5 Å². The van der Waals surface area contributed by atoms with Crippen LogP contribution in [-0.4, -0.2) is 64.9 Å². The summed E-state index contributed by atoms with van der Waals surface area (Å²) in [4.78, 5) is 40.7. The maximum Gasteiger partial charge on any atom is 0.490 e. The highest BCUT2D eigenvalue weighted by Crippen LogP contribution is 2.40. The third-order valence-electron chi connectivity index (χ3n) is 5.62. The molecule has 2 aromatic carbocycles. The minimum absolute atomic E-state index is 0.0134. The number of carbonyl (C=O) groups excluding carboxylic acids is 2. The fourth-order valence-electron chi connectivity index (χ4n) is 3.85. The SMILES string of the molecule is CN1CC[C@@H](Oc2ccc(F)c(-c3nc4c(o3)C(=O)c3ccccc3C4=O)c2Cl)C1.O=C(O)C(F)(F)F. The molecule has 1 atom stereocenters. The van der Waals surface area contributed by atoms with E-state index in [9.17, 15) is 27.2 Å². The molecule has 0 saturated carbocycles. The van der Waals surface area contributed by atoms with Crippen molar-refractivity contribution in [2.45, 2.75) is 18.7 Å². The molecule has 1 aromatic heterocycles. The smallest absolute Gasteiger partial charge is 0.487 e. The summed E-state index contributed by atoms with van der Waals surface area (Å²) in [6.45, 7) is 1.63. The molecule has 1 N–H and O–H groups in total. The molecule has 2 aliphatic rings. The Balaban J connectivity index is 0.000000405. The van der Waals surface area contributed by atoms with E-state index in [1.165, 1.54) is 12.1 Å². The van der Waals surface area contributed by atoms with Crippen molar-refractivity contribution in [3.8, 4) is 17.2 Å². The van der Waals surface area contributed by atoms with E-state index in [1.807, 2.05) is 7.05 Å². The lowest BCUT2D eigenvalue weighted by Gasteiger charge is -2.16. The number of likely N-dealkylation sites (N-methyl/N-ethyl adjacent to an activating group) is 1. The second-order valence-corrected chi connectivity index (χ2v) is 8.61. The van der Waals surface area contributed by atoms with Crippen LogP contribution in [0.4, 0.5) is 17.6 Å². The van der Waals surface area contributed by atoms with E-state index in [-0.39, 0.29) is 45.2 Å². The summed E-state index contributed by atoms with van der Waals surface area (Å²) in [6, 6.07) is 9.07. The van der Waals surface area contributed by atoms with E-state index >= 15 is 0 Å². The van der Waals surface area contributed by atoms with Gasteiger partial charge >= 0.3 is 12.1 Å². The zero-order valence-corrected chi connectivity index (χ0v) is 19.7. The molecule has 1 aliphatic carbocycles. The Morgan fingerprint density at radius 2 is 1.78 bits per heavy atom. The number of likely N-dealkylation sites (tertiary alicyclic amines) is 1. The number of nitrogens with zero attached hydrogens (tertiary/aromatic N) is 2. The predicted molar refractivity (Wildman–Crippen MR) is 120 cm³/mol. The van der Waals surface area contributed by atoms with Crippen LogP contribution < -0.4 is 4.74 Å². The van der Waals surface area contributed by atoms with Crippen LogP contribution in [0.25, 0.3) is 11.5 Å². The number of carboxylic acid groups (broad SMARTS) is 1. The summed E-state index contributed by atoms with van der Waals surface area (Å²) in [5.41, 5.74) is 0.183. The molecule has 0 spiro atoms. The number of halogens is 5. The van der Waals surface area contributed by atoms with Crippen LogP contribution in [0.3, 0.4) is 0 Å². The van der Waals surface area contributed by atoms with Crippen LogP contribution in [0.15, 0.2) is 40.8 Å². The molecule has 0 bridgehead atoms. The van der Waals surface area contributed by atoms with Crippen molar-refractivity contribution < 1.29 is 46.2 Å². The third kappa shape index (κ3) is 5.20. The summed E-state index contributed by atoms with van der Waals surface area (Å²) in [5, 5.41) is 7.11. The number of aliphatic carboxylic acids is 1. The van der Waals surface area contributed by atoms with Gasteiger partial charge in [0.25, 0.3) is 0 Å². The Hall–Kier alpha value is -3.77.